The van der Waals surface area contributed by atoms with E-state index in [1.807, 2.05) is 24.7 Å². The van der Waals surface area contributed by atoms with Gasteiger partial charge in [-0.2, -0.15) is 0 Å². The van der Waals surface area contributed by atoms with Crippen LogP contribution in [-0.2, 0) is 13.7 Å². The van der Waals surface area contributed by atoms with Crippen molar-refractivity contribution in [2.75, 3.05) is 0 Å². The molecule has 0 bridgehead atoms. The van der Waals surface area contributed by atoms with Crippen molar-refractivity contribution >= 4 is 5.97 Å². The van der Waals surface area contributed by atoms with Gasteiger partial charge >= 0.3 is 5.97 Å². The fourth-order valence-electron chi connectivity index (χ4n) is 1.60. The summed E-state index contributed by atoms with van der Waals surface area (Å²) in [7, 11) is 1.86. The van der Waals surface area contributed by atoms with E-state index >= 15 is 0 Å². The lowest BCUT2D eigenvalue weighted by atomic mass is 10.1. The molecule has 1 aromatic heterocycles. The molecular weight excluding hydrogens is 232 g/mol. The van der Waals surface area contributed by atoms with Gasteiger partial charge in [-0.05, 0) is 24.6 Å². The quantitative estimate of drug-likeness (QED) is 0.896. The molecule has 5 nitrogen and oxygen atoms in total. The average Bonchev–Trinajstić information content (AvgIpc) is 2.72. The van der Waals surface area contributed by atoms with E-state index in [0.29, 0.717) is 5.75 Å². The first-order chi connectivity index (χ1) is 8.58. The number of hydrogen-bond donors (Lipinski definition) is 1. The van der Waals surface area contributed by atoms with E-state index in [2.05, 4.69) is 4.98 Å². The van der Waals surface area contributed by atoms with Crippen LogP contribution >= 0.6 is 0 Å². The smallest absolute Gasteiger partial charge is 0.339 e. The Hall–Kier alpha value is -2.30. The summed E-state index contributed by atoms with van der Waals surface area (Å²) in [5, 5.41) is 9.07. The zero-order chi connectivity index (χ0) is 13.1. The number of nitrogens with zero attached hydrogens (tertiary/aromatic N) is 2. The van der Waals surface area contributed by atoms with Gasteiger partial charge in [-0.1, -0.05) is 6.07 Å². The van der Waals surface area contributed by atoms with Crippen molar-refractivity contribution in [2.24, 2.45) is 7.05 Å². The second-order valence-electron chi connectivity index (χ2n) is 4.05. The van der Waals surface area contributed by atoms with Crippen LogP contribution < -0.4 is 4.74 Å². The molecule has 2 aromatic rings. The summed E-state index contributed by atoms with van der Waals surface area (Å²) >= 11 is 0. The normalized spacial score (nSPS) is 10.3. The fraction of sp³-hybridized carbons (Fsp3) is 0.231. The Balaban J connectivity index is 2.20. The minimum atomic E-state index is -0.996. The van der Waals surface area contributed by atoms with Crippen LogP contribution in [0.5, 0.6) is 5.75 Å². The van der Waals surface area contributed by atoms with Crippen molar-refractivity contribution in [2.45, 2.75) is 13.5 Å². The van der Waals surface area contributed by atoms with Crippen LogP contribution in [0.2, 0.25) is 0 Å². The van der Waals surface area contributed by atoms with Crippen molar-refractivity contribution in [3.63, 3.8) is 0 Å². The Morgan fingerprint density at radius 1 is 1.50 bits per heavy atom. The first kappa shape index (κ1) is 12.2. The minimum Gasteiger partial charge on any atom is -0.485 e. The van der Waals surface area contributed by atoms with E-state index in [1.54, 1.807) is 24.4 Å². The van der Waals surface area contributed by atoms with Gasteiger partial charge < -0.3 is 14.4 Å². The molecule has 18 heavy (non-hydrogen) atoms. The maximum Gasteiger partial charge on any atom is 0.339 e. The summed E-state index contributed by atoms with van der Waals surface area (Å²) in [6.45, 7) is 2.13. The maximum absolute atomic E-state index is 11.1. The van der Waals surface area contributed by atoms with Gasteiger partial charge in [-0.25, -0.2) is 9.78 Å². The van der Waals surface area contributed by atoms with Crippen molar-refractivity contribution in [1.82, 2.24) is 9.55 Å². The third-order valence-corrected chi connectivity index (χ3v) is 2.65. The van der Waals surface area contributed by atoms with E-state index in [4.69, 9.17) is 9.84 Å². The third-order valence-electron chi connectivity index (χ3n) is 2.65. The molecule has 0 atom stereocenters. The number of rotatable bonds is 4. The van der Waals surface area contributed by atoms with Gasteiger partial charge in [-0.3, -0.25) is 0 Å². The number of aromatic carboxylic acids is 1. The van der Waals surface area contributed by atoms with Crippen LogP contribution in [0.3, 0.4) is 0 Å². The second kappa shape index (κ2) is 4.91. The summed E-state index contributed by atoms with van der Waals surface area (Å²) in [6.07, 6.45) is 3.49. The molecule has 0 aliphatic heterocycles. The number of aromatic nitrogens is 2. The van der Waals surface area contributed by atoms with Crippen molar-refractivity contribution in [3.8, 4) is 5.75 Å². The third kappa shape index (κ3) is 2.51. The van der Waals surface area contributed by atoms with E-state index in [0.717, 1.165) is 11.4 Å². The molecule has 1 heterocycles. The summed E-state index contributed by atoms with van der Waals surface area (Å²) in [5.41, 5.74) is 1.12. The summed E-state index contributed by atoms with van der Waals surface area (Å²) < 4.78 is 7.37. The standard InChI is InChI=1S/C13H14N2O3/c1-9-3-4-10(13(16)17)11(7-9)18-8-12-14-5-6-15(12)2/h3-7H,8H2,1-2H3,(H,16,17). The van der Waals surface area contributed by atoms with Gasteiger partial charge in [0.1, 0.15) is 23.7 Å². The number of benzene rings is 1. The summed E-state index contributed by atoms with van der Waals surface area (Å²) in [5.74, 6) is 0.114. The molecule has 0 spiro atoms. The van der Waals surface area contributed by atoms with Crippen LogP contribution in [0, 0.1) is 6.92 Å². The van der Waals surface area contributed by atoms with Crippen LogP contribution in [0.15, 0.2) is 30.6 Å². The first-order valence-electron chi connectivity index (χ1n) is 5.51. The number of imidazole rings is 1. The van der Waals surface area contributed by atoms with Crippen molar-refractivity contribution in [3.05, 3.63) is 47.5 Å². The molecular formula is C13H14N2O3. The van der Waals surface area contributed by atoms with Crippen LogP contribution in [0.1, 0.15) is 21.7 Å². The molecule has 1 N–H and O–H groups in total. The topological polar surface area (TPSA) is 64.3 Å². The van der Waals surface area contributed by atoms with E-state index in [1.165, 1.54) is 0 Å². The maximum atomic E-state index is 11.1. The number of ether oxygens (including phenoxy) is 1. The highest BCUT2D eigenvalue weighted by Gasteiger charge is 2.12. The summed E-state index contributed by atoms with van der Waals surface area (Å²) in [4.78, 5) is 15.2. The van der Waals surface area contributed by atoms with Crippen LogP contribution in [0.25, 0.3) is 0 Å². The molecule has 0 amide bonds. The number of aryl methyl sites for hydroxylation is 2. The fourth-order valence-corrected chi connectivity index (χ4v) is 1.60. The summed E-state index contributed by atoms with van der Waals surface area (Å²) in [6, 6.07) is 5.01. The molecule has 0 saturated carbocycles. The van der Waals surface area contributed by atoms with Gasteiger partial charge in [0, 0.05) is 19.4 Å². The van der Waals surface area contributed by atoms with E-state index in [9.17, 15) is 4.79 Å². The number of hydrogen-bond acceptors (Lipinski definition) is 3. The lowest BCUT2D eigenvalue weighted by Gasteiger charge is -2.09. The van der Waals surface area contributed by atoms with Gasteiger partial charge in [0.25, 0.3) is 0 Å². The molecule has 0 radical (unpaired) electrons. The first-order valence-corrected chi connectivity index (χ1v) is 5.51. The molecule has 0 saturated heterocycles. The van der Waals surface area contributed by atoms with Crippen molar-refractivity contribution in [1.29, 1.82) is 0 Å². The zero-order valence-electron chi connectivity index (χ0n) is 10.3. The molecule has 0 aliphatic rings. The molecule has 2 rings (SSSR count). The lowest BCUT2D eigenvalue weighted by molar-refractivity contribution is 0.0691. The van der Waals surface area contributed by atoms with Crippen molar-refractivity contribution < 1.29 is 14.6 Å². The van der Waals surface area contributed by atoms with Crippen LogP contribution in [-0.4, -0.2) is 20.6 Å². The van der Waals surface area contributed by atoms with Crippen LogP contribution in [0.4, 0.5) is 0 Å². The largest absolute Gasteiger partial charge is 0.485 e. The highest BCUT2D eigenvalue weighted by atomic mass is 16.5. The Bertz CT molecular complexity index is 575. The van der Waals surface area contributed by atoms with Gasteiger partial charge in [0.2, 0.25) is 0 Å². The number of carboxylic acids is 1. The van der Waals surface area contributed by atoms with Gasteiger partial charge in [0.15, 0.2) is 0 Å². The Labute approximate surface area is 105 Å². The minimum absolute atomic E-state index is 0.162. The molecule has 1 aromatic carbocycles. The van der Waals surface area contributed by atoms with E-state index in [-0.39, 0.29) is 12.2 Å². The monoisotopic (exact) mass is 246 g/mol. The zero-order valence-corrected chi connectivity index (χ0v) is 10.3. The predicted molar refractivity (Wildman–Crippen MR) is 65.7 cm³/mol. The number of carboxylic acid groups (broad SMARTS) is 1. The molecule has 0 fully saturated rings. The number of carbonyl (C=O) groups is 1. The Morgan fingerprint density at radius 2 is 2.28 bits per heavy atom. The molecule has 0 aliphatic carbocycles. The van der Waals surface area contributed by atoms with Gasteiger partial charge in [0.05, 0.1) is 0 Å². The molecule has 5 heteroatoms. The highest BCUT2D eigenvalue weighted by Crippen LogP contribution is 2.21. The lowest BCUT2D eigenvalue weighted by Crippen LogP contribution is -2.07. The predicted octanol–water partition coefficient (Wildman–Crippen LogP) is 2.01. The Morgan fingerprint density at radius 3 is 2.89 bits per heavy atom. The van der Waals surface area contributed by atoms with Gasteiger partial charge in [-0.15, -0.1) is 0 Å². The average molecular weight is 246 g/mol. The highest BCUT2D eigenvalue weighted by molar-refractivity contribution is 5.90. The molecule has 0 unspecified atom stereocenters. The van der Waals surface area contributed by atoms with E-state index < -0.39 is 5.97 Å². The Kier molecular flexibility index (Phi) is 3.32. The SMILES string of the molecule is Cc1ccc(C(=O)O)c(OCc2nccn2C)c1. The molecule has 94 valence electrons. The second-order valence-corrected chi connectivity index (χ2v) is 4.05.